The summed E-state index contributed by atoms with van der Waals surface area (Å²) in [7, 11) is 2.13. The summed E-state index contributed by atoms with van der Waals surface area (Å²) < 4.78 is 2.24. The Hall–Kier alpha value is -1.39. The molecule has 3 rings (SSSR count). The fourth-order valence-electron chi connectivity index (χ4n) is 3.14. The molecule has 0 bridgehead atoms. The van der Waals surface area contributed by atoms with Crippen molar-refractivity contribution >= 4 is 11.0 Å². The number of aryl methyl sites for hydroxylation is 1. The number of para-hydroxylation sites is 2. The van der Waals surface area contributed by atoms with Gasteiger partial charge in [0.25, 0.3) is 0 Å². The van der Waals surface area contributed by atoms with Crippen LogP contribution >= 0.6 is 0 Å². The molecule has 1 saturated heterocycles. The lowest BCUT2D eigenvalue weighted by molar-refractivity contribution is 0.0974. The number of hydrogen-bond donors (Lipinski definition) is 1. The Morgan fingerprint density at radius 3 is 2.75 bits per heavy atom. The summed E-state index contributed by atoms with van der Waals surface area (Å²) in [5.74, 6) is 1.17. The Bertz CT molecular complexity index is 585. The summed E-state index contributed by atoms with van der Waals surface area (Å²) in [5.41, 5.74) is 2.32. The minimum Gasteiger partial charge on any atom is -0.330 e. The summed E-state index contributed by atoms with van der Waals surface area (Å²) in [4.78, 5) is 7.45. The Balaban J connectivity index is 1.93. The predicted octanol–water partition coefficient (Wildman–Crippen LogP) is 2.32. The number of fused-ring (bicyclic) bond motifs is 1. The molecule has 0 aliphatic carbocycles. The highest BCUT2D eigenvalue weighted by atomic mass is 15.3. The number of nitrogens with one attached hydrogen (secondary N) is 1. The van der Waals surface area contributed by atoms with Crippen LogP contribution < -0.4 is 5.32 Å². The molecule has 0 amide bonds. The van der Waals surface area contributed by atoms with Crippen LogP contribution in [-0.2, 0) is 7.05 Å². The normalized spacial score (nSPS) is 17.6. The van der Waals surface area contributed by atoms with Gasteiger partial charge in [-0.15, -0.1) is 0 Å². The molecule has 1 aromatic carbocycles. The summed E-state index contributed by atoms with van der Waals surface area (Å²) in [6.45, 7) is 7.88. The lowest BCUT2D eigenvalue weighted by atomic mass is 10.1. The molecule has 1 fully saturated rings. The van der Waals surface area contributed by atoms with Crippen LogP contribution in [0.4, 0.5) is 0 Å². The van der Waals surface area contributed by atoms with Crippen molar-refractivity contribution < 1.29 is 0 Å². The van der Waals surface area contributed by atoms with Crippen LogP contribution in [-0.4, -0.2) is 40.1 Å². The van der Waals surface area contributed by atoms with Gasteiger partial charge in [-0.25, -0.2) is 4.98 Å². The molecule has 1 aromatic heterocycles. The number of rotatable bonds is 5. The van der Waals surface area contributed by atoms with E-state index in [4.69, 9.17) is 4.98 Å². The molecule has 1 atom stereocenters. The largest absolute Gasteiger partial charge is 0.330 e. The quantitative estimate of drug-likeness (QED) is 0.907. The summed E-state index contributed by atoms with van der Waals surface area (Å²) in [6, 6.07) is 9.40. The molecule has 4 nitrogen and oxygen atoms in total. The highest BCUT2D eigenvalue weighted by Crippen LogP contribution is 2.26. The van der Waals surface area contributed by atoms with Crippen molar-refractivity contribution in [1.29, 1.82) is 0 Å². The van der Waals surface area contributed by atoms with Crippen molar-refractivity contribution in [2.45, 2.75) is 32.4 Å². The Morgan fingerprint density at radius 2 is 2.15 bits per heavy atom. The van der Waals surface area contributed by atoms with Crippen LogP contribution in [0, 0.1) is 0 Å². The molecule has 4 heteroatoms. The molecule has 1 N–H and O–H groups in total. The number of imidazole rings is 1. The molecule has 2 heterocycles. The molecule has 20 heavy (non-hydrogen) atoms. The van der Waals surface area contributed by atoms with Crippen LogP contribution in [0.5, 0.6) is 0 Å². The van der Waals surface area contributed by atoms with Crippen molar-refractivity contribution in [1.82, 2.24) is 19.8 Å². The SMILES string of the molecule is CCCN(C1CNC1)C(C)c1nc2ccccc2n1C. The smallest absolute Gasteiger partial charge is 0.126 e. The van der Waals surface area contributed by atoms with Gasteiger partial charge < -0.3 is 9.88 Å². The van der Waals surface area contributed by atoms with Crippen LogP contribution in [0.15, 0.2) is 24.3 Å². The van der Waals surface area contributed by atoms with E-state index in [9.17, 15) is 0 Å². The van der Waals surface area contributed by atoms with Crippen molar-refractivity contribution in [2.24, 2.45) is 7.05 Å². The van der Waals surface area contributed by atoms with Gasteiger partial charge in [0, 0.05) is 26.2 Å². The molecule has 1 aliphatic heterocycles. The lowest BCUT2D eigenvalue weighted by Crippen LogP contribution is -2.58. The molecule has 108 valence electrons. The Labute approximate surface area is 120 Å². The third-order valence-electron chi connectivity index (χ3n) is 4.40. The van der Waals surface area contributed by atoms with Crippen LogP contribution in [0.3, 0.4) is 0 Å². The van der Waals surface area contributed by atoms with Gasteiger partial charge >= 0.3 is 0 Å². The van der Waals surface area contributed by atoms with E-state index in [1.807, 2.05) is 0 Å². The van der Waals surface area contributed by atoms with Crippen LogP contribution in [0.25, 0.3) is 11.0 Å². The minimum atomic E-state index is 0.361. The number of nitrogens with zero attached hydrogens (tertiary/aromatic N) is 3. The highest BCUT2D eigenvalue weighted by Gasteiger charge is 2.30. The number of aromatic nitrogens is 2. The average Bonchev–Trinajstić information content (AvgIpc) is 2.73. The summed E-state index contributed by atoms with van der Waals surface area (Å²) in [5, 5.41) is 3.38. The molecule has 2 aromatic rings. The topological polar surface area (TPSA) is 33.1 Å². The van der Waals surface area contributed by atoms with Crippen molar-refractivity contribution in [3.8, 4) is 0 Å². The molecule has 0 radical (unpaired) electrons. The molecule has 1 unspecified atom stereocenters. The van der Waals surface area contributed by atoms with Gasteiger partial charge in [-0.3, -0.25) is 4.90 Å². The van der Waals surface area contributed by atoms with Gasteiger partial charge in [0.15, 0.2) is 0 Å². The van der Waals surface area contributed by atoms with Gasteiger partial charge in [-0.05, 0) is 32.0 Å². The molecule has 1 aliphatic rings. The Morgan fingerprint density at radius 1 is 1.40 bits per heavy atom. The summed E-state index contributed by atoms with van der Waals surface area (Å²) >= 11 is 0. The van der Waals surface area contributed by atoms with Crippen molar-refractivity contribution in [3.63, 3.8) is 0 Å². The van der Waals surface area contributed by atoms with E-state index in [1.165, 1.54) is 17.8 Å². The average molecular weight is 272 g/mol. The van der Waals surface area contributed by atoms with E-state index >= 15 is 0 Å². The van der Waals surface area contributed by atoms with E-state index in [1.54, 1.807) is 0 Å². The predicted molar refractivity (Wildman–Crippen MR) is 82.8 cm³/mol. The first-order valence-corrected chi connectivity index (χ1v) is 7.60. The van der Waals surface area contributed by atoms with E-state index in [-0.39, 0.29) is 0 Å². The van der Waals surface area contributed by atoms with E-state index in [0.717, 1.165) is 25.2 Å². The standard InChI is InChI=1S/C16H24N4/c1-4-9-20(13-10-17-11-13)12(2)16-18-14-7-5-6-8-15(14)19(16)3/h5-8,12-13,17H,4,9-11H2,1-3H3. The van der Waals surface area contributed by atoms with Gasteiger partial charge in [0.2, 0.25) is 0 Å². The lowest BCUT2D eigenvalue weighted by Gasteiger charge is -2.41. The molecule has 0 saturated carbocycles. The van der Waals surface area contributed by atoms with Crippen LogP contribution in [0.1, 0.15) is 32.1 Å². The van der Waals surface area contributed by atoms with Crippen molar-refractivity contribution in [2.75, 3.05) is 19.6 Å². The second kappa shape index (κ2) is 5.54. The monoisotopic (exact) mass is 272 g/mol. The van der Waals surface area contributed by atoms with Gasteiger partial charge in [-0.1, -0.05) is 19.1 Å². The maximum Gasteiger partial charge on any atom is 0.126 e. The fourth-order valence-corrected chi connectivity index (χ4v) is 3.14. The first-order chi connectivity index (χ1) is 9.72. The van der Waals surface area contributed by atoms with E-state index in [0.29, 0.717) is 12.1 Å². The summed E-state index contributed by atoms with van der Waals surface area (Å²) in [6.07, 6.45) is 1.19. The van der Waals surface area contributed by atoms with Crippen molar-refractivity contribution in [3.05, 3.63) is 30.1 Å². The first-order valence-electron chi connectivity index (χ1n) is 7.60. The molecular weight excluding hydrogens is 248 g/mol. The Kier molecular flexibility index (Phi) is 3.76. The van der Waals surface area contributed by atoms with Crippen LogP contribution in [0.2, 0.25) is 0 Å². The maximum absolute atomic E-state index is 4.86. The minimum absolute atomic E-state index is 0.361. The van der Waals surface area contributed by atoms with Gasteiger partial charge in [0.05, 0.1) is 17.1 Å². The highest BCUT2D eigenvalue weighted by molar-refractivity contribution is 5.75. The molecular formula is C16H24N4. The molecule has 0 spiro atoms. The second-order valence-corrected chi connectivity index (χ2v) is 5.74. The van der Waals surface area contributed by atoms with Gasteiger partial charge in [-0.2, -0.15) is 0 Å². The van der Waals surface area contributed by atoms with E-state index in [2.05, 4.69) is 59.9 Å². The number of benzene rings is 1. The fraction of sp³-hybridized carbons (Fsp3) is 0.562. The second-order valence-electron chi connectivity index (χ2n) is 5.74. The van der Waals surface area contributed by atoms with Gasteiger partial charge in [0.1, 0.15) is 5.82 Å². The first kappa shape index (κ1) is 13.6. The zero-order valence-electron chi connectivity index (χ0n) is 12.6. The zero-order chi connectivity index (χ0) is 14.1. The van der Waals surface area contributed by atoms with E-state index < -0.39 is 0 Å². The maximum atomic E-state index is 4.86. The third-order valence-corrected chi connectivity index (χ3v) is 4.40. The number of hydrogen-bond acceptors (Lipinski definition) is 3. The zero-order valence-corrected chi connectivity index (χ0v) is 12.6. The third kappa shape index (κ3) is 2.23.